The number of benzene rings is 1. The number of hydrogen-bond donors (Lipinski definition) is 3. The van der Waals surface area contributed by atoms with E-state index in [4.69, 9.17) is 5.73 Å². The molecule has 0 atom stereocenters. The fraction of sp³-hybridized carbons (Fsp3) is 0. The van der Waals surface area contributed by atoms with Gasteiger partial charge in [-0.1, -0.05) is 12.1 Å². The summed E-state index contributed by atoms with van der Waals surface area (Å²) in [5.41, 5.74) is 9.13. The Labute approximate surface area is 131 Å². The first kappa shape index (κ1) is 13.2. The maximum absolute atomic E-state index is 5.75. The largest absolute Gasteiger partial charge is 0.399 e. The molecule has 0 unspecified atom stereocenters. The molecule has 112 valence electrons. The van der Waals surface area contributed by atoms with Gasteiger partial charge in [0.2, 0.25) is 5.95 Å². The summed E-state index contributed by atoms with van der Waals surface area (Å²) in [4.78, 5) is 12.9. The van der Waals surface area contributed by atoms with Crippen LogP contribution in [0, 0.1) is 0 Å². The molecule has 1 aromatic carbocycles. The molecule has 3 aromatic heterocycles. The van der Waals surface area contributed by atoms with Crippen LogP contribution in [-0.2, 0) is 0 Å². The number of hydrogen-bond acceptors (Lipinski definition) is 6. The lowest BCUT2D eigenvalue weighted by Crippen LogP contribution is -2.00. The van der Waals surface area contributed by atoms with E-state index in [0.29, 0.717) is 17.5 Å². The van der Waals surface area contributed by atoms with Gasteiger partial charge in [-0.25, -0.2) is 15.0 Å². The fourth-order valence-electron chi connectivity index (χ4n) is 2.31. The van der Waals surface area contributed by atoms with Crippen LogP contribution in [0.3, 0.4) is 0 Å². The van der Waals surface area contributed by atoms with Crippen molar-refractivity contribution >= 4 is 28.4 Å². The summed E-state index contributed by atoms with van der Waals surface area (Å²) in [6, 6.07) is 11.3. The summed E-state index contributed by atoms with van der Waals surface area (Å²) in [5, 5.41) is 11.1. The van der Waals surface area contributed by atoms with Gasteiger partial charge in [0.1, 0.15) is 5.82 Å². The topological polar surface area (TPSA) is 105 Å². The molecule has 0 saturated carbocycles. The molecule has 0 spiro atoms. The second kappa shape index (κ2) is 5.38. The van der Waals surface area contributed by atoms with E-state index in [1.807, 2.05) is 24.3 Å². The molecule has 0 aliphatic heterocycles. The van der Waals surface area contributed by atoms with E-state index in [1.165, 1.54) is 0 Å². The van der Waals surface area contributed by atoms with Gasteiger partial charge in [-0.05, 0) is 18.2 Å². The molecular weight excluding hydrogens is 290 g/mol. The third-order valence-corrected chi connectivity index (χ3v) is 3.42. The molecule has 0 fully saturated rings. The minimum absolute atomic E-state index is 0.463. The molecule has 3 heterocycles. The van der Waals surface area contributed by atoms with E-state index >= 15 is 0 Å². The van der Waals surface area contributed by atoms with Crippen molar-refractivity contribution < 1.29 is 0 Å². The van der Waals surface area contributed by atoms with Gasteiger partial charge in [-0.15, -0.1) is 0 Å². The zero-order valence-electron chi connectivity index (χ0n) is 12.1. The van der Waals surface area contributed by atoms with E-state index in [2.05, 4.69) is 30.5 Å². The van der Waals surface area contributed by atoms with Crippen molar-refractivity contribution in [2.45, 2.75) is 0 Å². The monoisotopic (exact) mass is 303 g/mol. The summed E-state index contributed by atoms with van der Waals surface area (Å²) in [7, 11) is 0. The van der Waals surface area contributed by atoms with E-state index in [0.717, 1.165) is 22.2 Å². The number of pyridine rings is 1. The van der Waals surface area contributed by atoms with E-state index in [-0.39, 0.29) is 0 Å². The number of anilines is 3. The first-order valence-electron chi connectivity index (χ1n) is 7.03. The highest BCUT2D eigenvalue weighted by atomic mass is 15.1. The third kappa shape index (κ3) is 2.67. The summed E-state index contributed by atoms with van der Waals surface area (Å²) < 4.78 is 0. The number of nitrogen functional groups attached to an aromatic ring is 1. The third-order valence-electron chi connectivity index (χ3n) is 3.42. The summed E-state index contributed by atoms with van der Waals surface area (Å²) in [6.45, 7) is 0. The van der Waals surface area contributed by atoms with Crippen LogP contribution >= 0.6 is 0 Å². The van der Waals surface area contributed by atoms with Crippen LogP contribution in [0.2, 0.25) is 0 Å². The smallest absolute Gasteiger partial charge is 0.228 e. The van der Waals surface area contributed by atoms with Gasteiger partial charge in [0.15, 0.2) is 0 Å². The molecule has 7 nitrogen and oxygen atoms in total. The molecule has 7 heteroatoms. The van der Waals surface area contributed by atoms with Crippen LogP contribution in [0.5, 0.6) is 0 Å². The van der Waals surface area contributed by atoms with Gasteiger partial charge in [-0.3, -0.25) is 5.10 Å². The van der Waals surface area contributed by atoms with Crippen molar-refractivity contribution in [3.63, 3.8) is 0 Å². The second-order valence-electron chi connectivity index (χ2n) is 5.04. The van der Waals surface area contributed by atoms with E-state index < -0.39 is 0 Å². The Hall–Kier alpha value is -3.48. The predicted molar refractivity (Wildman–Crippen MR) is 89.1 cm³/mol. The van der Waals surface area contributed by atoms with Gasteiger partial charge < -0.3 is 11.1 Å². The lowest BCUT2D eigenvalue weighted by Gasteiger charge is -2.06. The van der Waals surface area contributed by atoms with Crippen molar-refractivity contribution in [3.05, 3.63) is 55.0 Å². The molecule has 0 amide bonds. The van der Waals surface area contributed by atoms with Gasteiger partial charge >= 0.3 is 0 Å². The first-order valence-corrected chi connectivity index (χ1v) is 7.03. The maximum Gasteiger partial charge on any atom is 0.228 e. The van der Waals surface area contributed by atoms with Gasteiger partial charge in [0.05, 0.1) is 17.4 Å². The molecular formula is C16H13N7. The molecule has 0 aliphatic rings. The molecule has 4 aromatic rings. The number of aromatic amines is 1. The number of fused-ring (bicyclic) bond motifs is 1. The van der Waals surface area contributed by atoms with Crippen LogP contribution in [0.1, 0.15) is 0 Å². The van der Waals surface area contributed by atoms with E-state index in [1.54, 1.807) is 30.7 Å². The van der Waals surface area contributed by atoms with Crippen LogP contribution in [0.15, 0.2) is 55.0 Å². The van der Waals surface area contributed by atoms with E-state index in [9.17, 15) is 0 Å². The van der Waals surface area contributed by atoms with Crippen molar-refractivity contribution in [2.75, 3.05) is 11.1 Å². The summed E-state index contributed by atoms with van der Waals surface area (Å²) in [5.74, 6) is 1.07. The zero-order valence-corrected chi connectivity index (χ0v) is 12.1. The summed E-state index contributed by atoms with van der Waals surface area (Å²) >= 11 is 0. The SMILES string of the molecule is Nc1ccnc(Nc2nccc(-c3ccc4cn[nH]c4c3)n2)c1. The number of H-pyrrole nitrogens is 1. The Bertz CT molecular complexity index is 977. The molecule has 4 rings (SSSR count). The number of nitrogens with zero attached hydrogens (tertiary/aromatic N) is 4. The number of nitrogens with one attached hydrogen (secondary N) is 2. The minimum atomic E-state index is 0.463. The van der Waals surface area contributed by atoms with Crippen molar-refractivity contribution in [1.82, 2.24) is 25.1 Å². The molecule has 0 saturated heterocycles. The van der Waals surface area contributed by atoms with Crippen molar-refractivity contribution in [2.24, 2.45) is 0 Å². The molecule has 0 aliphatic carbocycles. The van der Waals surface area contributed by atoms with Crippen LogP contribution in [-0.4, -0.2) is 25.1 Å². The lowest BCUT2D eigenvalue weighted by molar-refractivity contribution is 1.12. The van der Waals surface area contributed by atoms with Gasteiger partial charge in [0.25, 0.3) is 0 Å². The Morgan fingerprint density at radius 1 is 1.00 bits per heavy atom. The minimum Gasteiger partial charge on any atom is -0.399 e. The molecule has 23 heavy (non-hydrogen) atoms. The van der Waals surface area contributed by atoms with Gasteiger partial charge in [0, 0.05) is 35.1 Å². The van der Waals surface area contributed by atoms with Gasteiger partial charge in [-0.2, -0.15) is 5.10 Å². The number of nitrogens with two attached hydrogens (primary N) is 1. The average Bonchev–Trinajstić information content (AvgIpc) is 3.03. The maximum atomic E-state index is 5.75. The van der Waals surface area contributed by atoms with Crippen LogP contribution < -0.4 is 11.1 Å². The lowest BCUT2D eigenvalue weighted by atomic mass is 10.1. The molecule has 0 radical (unpaired) electrons. The highest BCUT2D eigenvalue weighted by Gasteiger charge is 2.05. The first-order chi connectivity index (χ1) is 11.3. The Morgan fingerprint density at radius 2 is 1.91 bits per heavy atom. The fourth-order valence-corrected chi connectivity index (χ4v) is 2.31. The standard InChI is InChI=1S/C16H13N7/c17-12-3-5-18-15(8-12)22-16-19-6-4-13(21-16)10-1-2-11-9-20-23-14(11)7-10/h1-9H,(H,20,23)(H3,17,18,19,21,22). The Kier molecular flexibility index (Phi) is 3.09. The average molecular weight is 303 g/mol. The highest BCUT2D eigenvalue weighted by molar-refractivity contribution is 5.83. The summed E-state index contributed by atoms with van der Waals surface area (Å²) in [6.07, 6.45) is 5.12. The van der Waals surface area contributed by atoms with Crippen molar-refractivity contribution in [3.8, 4) is 11.3 Å². The Balaban J connectivity index is 1.67. The zero-order chi connectivity index (χ0) is 15.6. The normalized spacial score (nSPS) is 10.8. The second-order valence-corrected chi connectivity index (χ2v) is 5.04. The highest BCUT2D eigenvalue weighted by Crippen LogP contribution is 2.22. The quantitative estimate of drug-likeness (QED) is 0.537. The number of aromatic nitrogens is 5. The molecule has 4 N–H and O–H groups in total. The predicted octanol–water partition coefficient (Wildman–Crippen LogP) is 2.74. The number of rotatable bonds is 3. The van der Waals surface area contributed by atoms with Crippen LogP contribution in [0.25, 0.3) is 22.2 Å². The van der Waals surface area contributed by atoms with Crippen LogP contribution in [0.4, 0.5) is 17.5 Å². The molecule has 0 bridgehead atoms. The van der Waals surface area contributed by atoms with Crippen molar-refractivity contribution in [1.29, 1.82) is 0 Å². The Morgan fingerprint density at radius 3 is 2.83 bits per heavy atom.